The predicted octanol–water partition coefficient (Wildman–Crippen LogP) is 5.06. The highest BCUT2D eigenvalue weighted by atomic mass is 32.2. The highest BCUT2D eigenvalue weighted by Gasteiger charge is 2.16. The summed E-state index contributed by atoms with van der Waals surface area (Å²) in [7, 11) is 0. The standard InChI is InChI=1S/C23H21N3O3S/c1-2-26-22(20-9-6-14-28-20)24-25-23(26)30-16-21(27)29-15-17-10-12-19(13-11-17)18-7-4-3-5-8-18/h3-14H,2,15-16H2,1H3. The minimum Gasteiger partial charge on any atom is -0.461 e. The van der Waals surface area contributed by atoms with E-state index in [0.29, 0.717) is 23.3 Å². The molecule has 0 spiro atoms. The number of aromatic nitrogens is 3. The van der Waals surface area contributed by atoms with Crippen LogP contribution in [0.3, 0.4) is 0 Å². The number of rotatable bonds is 8. The van der Waals surface area contributed by atoms with Crippen molar-refractivity contribution in [1.82, 2.24) is 14.8 Å². The lowest BCUT2D eigenvalue weighted by Crippen LogP contribution is -2.08. The van der Waals surface area contributed by atoms with E-state index in [1.165, 1.54) is 11.8 Å². The van der Waals surface area contributed by atoms with E-state index in [1.54, 1.807) is 12.3 Å². The van der Waals surface area contributed by atoms with Crippen LogP contribution in [0.15, 0.2) is 82.6 Å². The number of hydrogen-bond donors (Lipinski definition) is 0. The van der Waals surface area contributed by atoms with Crippen molar-refractivity contribution >= 4 is 17.7 Å². The molecule has 2 aromatic heterocycles. The molecule has 0 saturated carbocycles. The van der Waals surface area contributed by atoms with Crippen LogP contribution in [0, 0.1) is 0 Å². The number of furan rings is 1. The second kappa shape index (κ2) is 9.45. The van der Waals surface area contributed by atoms with E-state index in [9.17, 15) is 4.79 Å². The van der Waals surface area contributed by atoms with Crippen molar-refractivity contribution in [3.05, 3.63) is 78.6 Å². The largest absolute Gasteiger partial charge is 0.461 e. The lowest BCUT2D eigenvalue weighted by atomic mass is 10.0. The normalized spacial score (nSPS) is 10.8. The molecule has 0 N–H and O–H groups in total. The fourth-order valence-electron chi connectivity index (χ4n) is 3.02. The van der Waals surface area contributed by atoms with Crippen molar-refractivity contribution in [3.8, 4) is 22.7 Å². The van der Waals surface area contributed by atoms with Crippen molar-refractivity contribution < 1.29 is 13.9 Å². The Labute approximate surface area is 178 Å². The van der Waals surface area contributed by atoms with Crippen molar-refractivity contribution in [3.63, 3.8) is 0 Å². The number of carbonyl (C=O) groups is 1. The molecule has 0 saturated heterocycles. The Bertz CT molecular complexity index is 1090. The lowest BCUT2D eigenvalue weighted by molar-refractivity contribution is -0.141. The summed E-state index contributed by atoms with van der Waals surface area (Å²) in [5.74, 6) is 1.17. The van der Waals surface area contributed by atoms with Gasteiger partial charge in [-0.2, -0.15) is 0 Å². The van der Waals surface area contributed by atoms with Crippen LogP contribution in [0.4, 0.5) is 0 Å². The van der Waals surface area contributed by atoms with Gasteiger partial charge in [0, 0.05) is 6.54 Å². The fourth-order valence-corrected chi connectivity index (χ4v) is 3.82. The minimum atomic E-state index is -0.294. The van der Waals surface area contributed by atoms with E-state index < -0.39 is 0 Å². The summed E-state index contributed by atoms with van der Waals surface area (Å²) in [4.78, 5) is 12.2. The molecule has 0 aliphatic heterocycles. The van der Waals surface area contributed by atoms with Gasteiger partial charge in [-0.3, -0.25) is 9.36 Å². The molecule has 0 aliphatic rings. The van der Waals surface area contributed by atoms with Crippen molar-refractivity contribution in [2.24, 2.45) is 0 Å². The molecule has 152 valence electrons. The highest BCUT2D eigenvalue weighted by Crippen LogP contribution is 2.24. The SMILES string of the molecule is CCn1c(SCC(=O)OCc2ccc(-c3ccccc3)cc2)nnc1-c1ccco1. The number of ether oxygens (including phenoxy) is 1. The van der Waals surface area contributed by atoms with Crippen LogP contribution in [0.2, 0.25) is 0 Å². The molecule has 0 bridgehead atoms. The Morgan fingerprint density at radius 1 is 1.00 bits per heavy atom. The first-order valence-corrected chi connectivity index (χ1v) is 10.6. The second-order valence-corrected chi connectivity index (χ2v) is 7.48. The van der Waals surface area contributed by atoms with Gasteiger partial charge < -0.3 is 9.15 Å². The van der Waals surface area contributed by atoms with Gasteiger partial charge in [0.25, 0.3) is 0 Å². The highest BCUT2D eigenvalue weighted by molar-refractivity contribution is 7.99. The summed E-state index contributed by atoms with van der Waals surface area (Å²) >= 11 is 1.31. The number of hydrogen-bond acceptors (Lipinski definition) is 6. The third-order valence-corrected chi connectivity index (χ3v) is 5.49. The van der Waals surface area contributed by atoms with Gasteiger partial charge in [0.05, 0.1) is 12.0 Å². The second-order valence-electron chi connectivity index (χ2n) is 6.54. The minimum absolute atomic E-state index is 0.165. The average molecular weight is 420 g/mol. The molecular formula is C23H21N3O3S. The lowest BCUT2D eigenvalue weighted by Gasteiger charge is -2.07. The van der Waals surface area contributed by atoms with E-state index in [4.69, 9.17) is 9.15 Å². The summed E-state index contributed by atoms with van der Waals surface area (Å²) in [5.41, 5.74) is 3.24. The van der Waals surface area contributed by atoms with E-state index in [1.807, 2.05) is 60.0 Å². The Morgan fingerprint density at radius 3 is 2.47 bits per heavy atom. The van der Waals surface area contributed by atoms with Gasteiger partial charge in [0.15, 0.2) is 16.7 Å². The zero-order chi connectivity index (χ0) is 20.8. The van der Waals surface area contributed by atoms with Gasteiger partial charge in [0.2, 0.25) is 0 Å². The summed E-state index contributed by atoms with van der Waals surface area (Å²) in [6.07, 6.45) is 1.60. The molecule has 2 heterocycles. The molecule has 0 unspecified atom stereocenters. The number of benzene rings is 2. The van der Waals surface area contributed by atoms with Gasteiger partial charge in [-0.25, -0.2) is 0 Å². The van der Waals surface area contributed by atoms with E-state index in [0.717, 1.165) is 16.7 Å². The summed E-state index contributed by atoms with van der Waals surface area (Å²) in [6, 6.07) is 21.8. The quantitative estimate of drug-likeness (QED) is 0.294. The zero-order valence-electron chi connectivity index (χ0n) is 16.5. The van der Waals surface area contributed by atoms with Crippen LogP contribution >= 0.6 is 11.8 Å². The van der Waals surface area contributed by atoms with Crippen LogP contribution < -0.4 is 0 Å². The molecular weight excluding hydrogens is 398 g/mol. The first-order valence-electron chi connectivity index (χ1n) is 9.64. The van der Waals surface area contributed by atoms with Crippen LogP contribution in [0.1, 0.15) is 12.5 Å². The van der Waals surface area contributed by atoms with Gasteiger partial charge in [-0.1, -0.05) is 66.4 Å². The summed E-state index contributed by atoms with van der Waals surface area (Å²) < 4.78 is 12.7. The Balaban J connectivity index is 1.30. The molecule has 0 atom stereocenters. The monoisotopic (exact) mass is 419 g/mol. The molecule has 0 amide bonds. The van der Waals surface area contributed by atoms with Gasteiger partial charge in [-0.05, 0) is 35.7 Å². The maximum atomic E-state index is 12.2. The first-order chi connectivity index (χ1) is 14.7. The number of thioether (sulfide) groups is 1. The smallest absolute Gasteiger partial charge is 0.316 e. The Hall–Kier alpha value is -3.32. The maximum Gasteiger partial charge on any atom is 0.316 e. The van der Waals surface area contributed by atoms with E-state index in [-0.39, 0.29) is 18.3 Å². The topological polar surface area (TPSA) is 70.2 Å². The molecule has 0 fully saturated rings. The van der Waals surface area contributed by atoms with Crippen LogP contribution in [0.25, 0.3) is 22.7 Å². The van der Waals surface area contributed by atoms with Crippen LogP contribution in [-0.4, -0.2) is 26.5 Å². The van der Waals surface area contributed by atoms with Crippen molar-refractivity contribution in [2.75, 3.05) is 5.75 Å². The molecule has 2 aromatic carbocycles. The molecule has 4 aromatic rings. The molecule has 4 rings (SSSR count). The average Bonchev–Trinajstić information content (AvgIpc) is 3.46. The third-order valence-electron chi connectivity index (χ3n) is 4.55. The number of esters is 1. The van der Waals surface area contributed by atoms with Gasteiger partial charge in [-0.15, -0.1) is 10.2 Å². The maximum absolute atomic E-state index is 12.2. The van der Waals surface area contributed by atoms with Crippen LogP contribution in [0.5, 0.6) is 0 Å². The molecule has 7 heteroatoms. The van der Waals surface area contributed by atoms with Crippen LogP contribution in [-0.2, 0) is 22.7 Å². The van der Waals surface area contributed by atoms with Crippen molar-refractivity contribution in [1.29, 1.82) is 0 Å². The number of nitrogens with zero attached hydrogens (tertiary/aromatic N) is 3. The van der Waals surface area contributed by atoms with E-state index in [2.05, 4.69) is 22.3 Å². The zero-order valence-corrected chi connectivity index (χ0v) is 17.3. The molecule has 0 aliphatic carbocycles. The first kappa shape index (κ1) is 20.0. The Morgan fingerprint density at radius 2 is 1.77 bits per heavy atom. The fraction of sp³-hybridized carbons (Fsp3) is 0.174. The summed E-state index contributed by atoms with van der Waals surface area (Å²) in [6.45, 7) is 2.91. The predicted molar refractivity (Wildman–Crippen MR) is 116 cm³/mol. The molecule has 0 radical (unpaired) electrons. The molecule has 30 heavy (non-hydrogen) atoms. The van der Waals surface area contributed by atoms with Crippen molar-refractivity contribution in [2.45, 2.75) is 25.2 Å². The summed E-state index contributed by atoms with van der Waals surface area (Å²) in [5, 5.41) is 9.02. The number of carbonyl (C=O) groups excluding carboxylic acids is 1. The Kier molecular flexibility index (Phi) is 6.29. The third kappa shape index (κ3) is 4.63. The molecule has 6 nitrogen and oxygen atoms in total. The van der Waals surface area contributed by atoms with Gasteiger partial charge in [0.1, 0.15) is 6.61 Å². The van der Waals surface area contributed by atoms with E-state index >= 15 is 0 Å². The van der Waals surface area contributed by atoms with Gasteiger partial charge >= 0.3 is 5.97 Å².